The minimum Gasteiger partial charge on any atom is -0.338 e. The molecule has 0 radical (unpaired) electrons. The molecule has 1 heterocycles. The van der Waals surface area contributed by atoms with E-state index in [0.29, 0.717) is 31.7 Å². The van der Waals surface area contributed by atoms with Crippen molar-refractivity contribution in [2.45, 2.75) is 13.0 Å². The van der Waals surface area contributed by atoms with Gasteiger partial charge >= 0.3 is 0 Å². The fraction of sp³-hybridized carbons (Fsp3) is 0.400. The zero-order valence-corrected chi connectivity index (χ0v) is 11.3. The first-order chi connectivity index (χ1) is 9.60. The molecule has 0 unspecified atom stereocenters. The van der Waals surface area contributed by atoms with Crippen LogP contribution in [0.15, 0.2) is 30.9 Å². The van der Waals surface area contributed by atoms with Crippen molar-refractivity contribution in [1.82, 2.24) is 9.80 Å². The van der Waals surface area contributed by atoms with E-state index in [4.69, 9.17) is 0 Å². The third-order valence-corrected chi connectivity index (χ3v) is 3.48. The molecule has 1 aliphatic rings. The number of hydrogen-bond acceptors (Lipinski definition) is 2. The summed E-state index contributed by atoms with van der Waals surface area (Å²) in [5, 5.41) is 0. The van der Waals surface area contributed by atoms with Gasteiger partial charge in [0.15, 0.2) is 0 Å². The molecule has 20 heavy (non-hydrogen) atoms. The van der Waals surface area contributed by atoms with Crippen molar-refractivity contribution >= 4 is 5.91 Å². The fourth-order valence-electron chi connectivity index (χ4n) is 2.38. The summed E-state index contributed by atoms with van der Waals surface area (Å²) in [6.45, 7) is 6.51. The van der Waals surface area contributed by atoms with Crippen LogP contribution in [0, 0.1) is 11.6 Å². The molecule has 0 aliphatic carbocycles. The second-order valence-electron chi connectivity index (χ2n) is 4.89. The fourth-order valence-corrected chi connectivity index (χ4v) is 2.38. The lowest BCUT2D eigenvalue weighted by atomic mass is 10.2. The van der Waals surface area contributed by atoms with Crippen LogP contribution in [0.3, 0.4) is 0 Å². The lowest BCUT2D eigenvalue weighted by Crippen LogP contribution is -2.34. The first kappa shape index (κ1) is 14.7. The SMILES string of the molecule is C=CC(=O)N1CCCN(Cc2cc(F)ccc2F)CC1. The molecule has 108 valence electrons. The van der Waals surface area contributed by atoms with Crippen LogP contribution in [-0.4, -0.2) is 41.9 Å². The van der Waals surface area contributed by atoms with Crippen LogP contribution in [0.4, 0.5) is 8.78 Å². The normalized spacial score (nSPS) is 16.8. The van der Waals surface area contributed by atoms with Gasteiger partial charge in [0.05, 0.1) is 0 Å². The number of carbonyl (C=O) groups excluding carboxylic acids is 1. The number of hydrogen-bond donors (Lipinski definition) is 0. The Morgan fingerprint density at radius 2 is 2.05 bits per heavy atom. The quantitative estimate of drug-likeness (QED) is 0.792. The topological polar surface area (TPSA) is 23.6 Å². The minimum atomic E-state index is -0.431. The van der Waals surface area contributed by atoms with E-state index >= 15 is 0 Å². The smallest absolute Gasteiger partial charge is 0.245 e. The van der Waals surface area contributed by atoms with Crippen molar-refractivity contribution in [3.8, 4) is 0 Å². The molecule has 1 amide bonds. The van der Waals surface area contributed by atoms with E-state index in [2.05, 4.69) is 6.58 Å². The van der Waals surface area contributed by atoms with Crippen molar-refractivity contribution in [3.05, 3.63) is 48.1 Å². The maximum atomic E-state index is 13.6. The first-order valence-corrected chi connectivity index (χ1v) is 6.68. The van der Waals surface area contributed by atoms with E-state index < -0.39 is 11.6 Å². The molecule has 1 fully saturated rings. The molecule has 1 aliphatic heterocycles. The molecule has 1 aromatic carbocycles. The first-order valence-electron chi connectivity index (χ1n) is 6.68. The molecule has 3 nitrogen and oxygen atoms in total. The van der Waals surface area contributed by atoms with E-state index in [1.165, 1.54) is 12.1 Å². The molecule has 0 saturated carbocycles. The Morgan fingerprint density at radius 3 is 2.80 bits per heavy atom. The Balaban J connectivity index is 1.99. The number of halogens is 2. The van der Waals surface area contributed by atoms with Crippen molar-refractivity contribution in [2.24, 2.45) is 0 Å². The summed E-state index contributed by atoms with van der Waals surface area (Å²) in [6.07, 6.45) is 2.12. The monoisotopic (exact) mass is 280 g/mol. The van der Waals surface area contributed by atoms with Gasteiger partial charge in [0.1, 0.15) is 11.6 Å². The predicted molar refractivity (Wildman–Crippen MR) is 73.0 cm³/mol. The van der Waals surface area contributed by atoms with E-state index in [1.54, 1.807) is 4.90 Å². The maximum Gasteiger partial charge on any atom is 0.245 e. The summed E-state index contributed by atoms with van der Waals surface area (Å²) in [6, 6.07) is 3.49. The van der Waals surface area contributed by atoms with E-state index in [-0.39, 0.29) is 5.91 Å². The van der Waals surface area contributed by atoms with Crippen LogP contribution in [-0.2, 0) is 11.3 Å². The van der Waals surface area contributed by atoms with Gasteiger partial charge in [0.25, 0.3) is 0 Å². The molecule has 1 saturated heterocycles. The Morgan fingerprint density at radius 1 is 1.25 bits per heavy atom. The molecule has 0 aromatic heterocycles. The summed E-state index contributed by atoms with van der Waals surface area (Å²) < 4.78 is 26.8. The predicted octanol–water partition coefficient (Wildman–Crippen LogP) is 2.19. The summed E-state index contributed by atoms with van der Waals surface area (Å²) in [5.41, 5.74) is 0.355. The van der Waals surface area contributed by atoms with Gasteiger partial charge in [-0.15, -0.1) is 0 Å². The number of amides is 1. The molecule has 0 spiro atoms. The van der Waals surface area contributed by atoms with Gasteiger partial charge in [-0.1, -0.05) is 6.58 Å². The van der Waals surface area contributed by atoms with E-state index in [9.17, 15) is 13.6 Å². The highest BCUT2D eigenvalue weighted by Crippen LogP contribution is 2.14. The van der Waals surface area contributed by atoms with Crippen LogP contribution < -0.4 is 0 Å². The highest BCUT2D eigenvalue weighted by molar-refractivity contribution is 5.86. The van der Waals surface area contributed by atoms with Gasteiger partial charge < -0.3 is 4.90 Å². The Hall–Kier alpha value is -1.75. The average molecular weight is 280 g/mol. The number of rotatable bonds is 3. The third kappa shape index (κ3) is 3.63. The summed E-state index contributed by atoms with van der Waals surface area (Å²) in [4.78, 5) is 15.3. The molecule has 0 atom stereocenters. The third-order valence-electron chi connectivity index (χ3n) is 3.48. The zero-order valence-electron chi connectivity index (χ0n) is 11.3. The highest BCUT2D eigenvalue weighted by Gasteiger charge is 2.18. The summed E-state index contributed by atoms with van der Waals surface area (Å²) in [7, 11) is 0. The van der Waals surface area contributed by atoms with Gasteiger partial charge in [-0.2, -0.15) is 0 Å². The standard InChI is InChI=1S/C15H18F2N2O/c1-2-15(20)19-7-3-6-18(8-9-19)11-12-10-13(16)4-5-14(12)17/h2,4-5,10H,1,3,6-9,11H2. The molecular formula is C15H18F2N2O. The number of benzene rings is 1. The molecular weight excluding hydrogens is 262 g/mol. The summed E-state index contributed by atoms with van der Waals surface area (Å²) >= 11 is 0. The van der Waals surface area contributed by atoms with Gasteiger partial charge in [0, 0.05) is 38.3 Å². The van der Waals surface area contributed by atoms with Crippen LogP contribution in [0.5, 0.6) is 0 Å². The Labute approximate surface area is 117 Å². The number of nitrogens with zero attached hydrogens (tertiary/aromatic N) is 2. The molecule has 5 heteroatoms. The lowest BCUT2D eigenvalue weighted by Gasteiger charge is -2.21. The highest BCUT2D eigenvalue weighted by atomic mass is 19.1. The maximum absolute atomic E-state index is 13.6. The van der Waals surface area contributed by atoms with Crippen LogP contribution >= 0.6 is 0 Å². The van der Waals surface area contributed by atoms with Crippen molar-refractivity contribution in [1.29, 1.82) is 0 Å². The van der Waals surface area contributed by atoms with Crippen LogP contribution in [0.2, 0.25) is 0 Å². The Bertz CT molecular complexity index is 505. The largest absolute Gasteiger partial charge is 0.338 e. The minimum absolute atomic E-state index is 0.0798. The van der Waals surface area contributed by atoms with Gasteiger partial charge in [-0.3, -0.25) is 9.69 Å². The van der Waals surface area contributed by atoms with Crippen molar-refractivity contribution in [3.63, 3.8) is 0 Å². The van der Waals surface area contributed by atoms with Crippen LogP contribution in [0.1, 0.15) is 12.0 Å². The van der Waals surface area contributed by atoms with Gasteiger partial charge in [-0.05, 0) is 30.7 Å². The van der Waals surface area contributed by atoms with Crippen molar-refractivity contribution < 1.29 is 13.6 Å². The molecule has 1 aromatic rings. The van der Waals surface area contributed by atoms with Crippen molar-refractivity contribution in [2.75, 3.05) is 26.2 Å². The van der Waals surface area contributed by atoms with Gasteiger partial charge in [0.2, 0.25) is 5.91 Å². The van der Waals surface area contributed by atoms with E-state index in [1.807, 2.05) is 4.90 Å². The second kappa shape index (κ2) is 6.61. The van der Waals surface area contributed by atoms with Gasteiger partial charge in [-0.25, -0.2) is 8.78 Å². The lowest BCUT2D eigenvalue weighted by molar-refractivity contribution is -0.125. The molecule has 2 rings (SSSR count). The molecule has 0 N–H and O–H groups in total. The zero-order chi connectivity index (χ0) is 14.5. The average Bonchev–Trinajstić information content (AvgIpc) is 2.68. The molecule has 0 bridgehead atoms. The summed E-state index contributed by atoms with van der Waals surface area (Å²) in [5.74, 6) is -0.904. The van der Waals surface area contributed by atoms with Crippen LogP contribution in [0.25, 0.3) is 0 Å². The number of carbonyl (C=O) groups is 1. The van der Waals surface area contributed by atoms with E-state index in [0.717, 1.165) is 25.1 Å². The Kier molecular flexibility index (Phi) is 4.84. The second-order valence-corrected chi connectivity index (χ2v) is 4.89.